The topological polar surface area (TPSA) is 54.3 Å². The molecule has 3 aromatic rings. The highest BCUT2D eigenvalue weighted by Crippen LogP contribution is 2.28. The van der Waals surface area contributed by atoms with Crippen LogP contribution in [0.2, 0.25) is 0 Å². The minimum absolute atomic E-state index is 0.00573. The van der Waals surface area contributed by atoms with E-state index in [1.165, 1.54) is 0 Å². The highest BCUT2D eigenvalue weighted by atomic mass is 16.3. The Morgan fingerprint density at radius 2 is 1.54 bits per heavy atom. The lowest BCUT2D eigenvalue weighted by Crippen LogP contribution is -2.40. The predicted molar refractivity (Wildman–Crippen MR) is 100 cm³/mol. The third-order valence-corrected chi connectivity index (χ3v) is 4.61. The van der Waals surface area contributed by atoms with E-state index in [1.54, 1.807) is 6.26 Å². The lowest BCUT2D eigenvalue weighted by Gasteiger charge is -2.25. The van der Waals surface area contributed by atoms with Gasteiger partial charge in [0.05, 0.1) is 12.3 Å². The summed E-state index contributed by atoms with van der Waals surface area (Å²) >= 11 is 0. The Labute approximate surface area is 153 Å². The first-order valence-corrected chi connectivity index (χ1v) is 9.01. The first-order chi connectivity index (χ1) is 12.8. The summed E-state index contributed by atoms with van der Waals surface area (Å²) in [5.41, 5.74) is 2.00. The largest absolute Gasteiger partial charge is 0.467 e. The van der Waals surface area contributed by atoms with Gasteiger partial charge in [0.25, 0.3) is 0 Å². The number of furan rings is 1. The van der Waals surface area contributed by atoms with Crippen LogP contribution in [-0.4, -0.2) is 11.9 Å². The first kappa shape index (κ1) is 16.6. The molecule has 2 atom stereocenters. The molecular weight excluding hydrogens is 324 g/mol. The van der Waals surface area contributed by atoms with Crippen LogP contribution in [0.15, 0.2) is 83.5 Å². The molecular formula is C22H22N2O2. The van der Waals surface area contributed by atoms with Crippen LogP contribution in [0.5, 0.6) is 0 Å². The average molecular weight is 346 g/mol. The van der Waals surface area contributed by atoms with Gasteiger partial charge in [0.1, 0.15) is 11.8 Å². The number of carbonyl (C=O) groups is 1. The first-order valence-electron chi connectivity index (χ1n) is 9.01. The fourth-order valence-corrected chi connectivity index (χ4v) is 3.09. The van der Waals surface area contributed by atoms with E-state index >= 15 is 0 Å². The average Bonchev–Trinajstić information content (AvgIpc) is 3.33. The fraction of sp³-hybridized carbons (Fsp3) is 0.227. The lowest BCUT2D eigenvalue weighted by molar-refractivity contribution is -0.123. The molecule has 0 unspecified atom stereocenters. The van der Waals surface area contributed by atoms with Crippen molar-refractivity contribution in [2.75, 3.05) is 0 Å². The van der Waals surface area contributed by atoms with Gasteiger partial charge < -0.3 is 9.73 Å². The third kappa shape index (κ3) is 3.86. The second-order valence-electron chi connectivity index (χ2n) is 6.65. The van der Waals surface area contributed by atoms with Crippen molar-refractivity contribution in [3.8, 4) is 0 Å². The van der Waals surface area contributed by atoms with Gasteiger partial charge in [-0.05, 0) is 36.1 Å². The second-order valence-corrected chi connectivity index (χ2v) is 6.65. The zero-order valence-electron chi connectivity index (χ0n) is 14.5. The molecule has 1 heterocycles. The van der Waals surface area contributed by atoms with E-state index in [-0.39, 0.29) is 11.9 Å². The zero-order chi connectivity index (χ0) is 17.8. The van der Waals surface area contributed by atoms with Crippen LogP contribution < -0.4 is 10.6 Å². The van der Waals surface area contributed by atoms with E-state index in [1.807, 2.05) is 72.8 Å². The maximum absolute atomic E-state index is 12.9. The van der Waals surface area contributed by atoms with Crippen molar-refractivity contribution in [2.24, 2.45) is 0 Å². The van der Waals surface area contributed by atoms with Crippen molar-refractivity contribution in [3.63, 3.8) is 0 Å². The third-order valence-electron chi connectivity index (χ3n) is 4.61. The molecule has 26 heavy (non-hydrogen) atoms. The van der Waals surface area contributed by atoms with Crippen molar-refractivity contribution in [1.82, 2.24) is 10.6 Å². The van der Waals surface area contributed by atoms with Gasteiger partial charge in [-0.2, -0.15) is 0 Å². The van der Waals surface area contributed by atoms with E-state index in [0.717, 1.165) is 29.7 Å². The monoisotopic (exact) mass is 346 g/mol. The lowest BCUT2D eigenvalue weighted by atomic mass is 10.00. The Bertz CT molecular complexity index is 827. The minimum atomic E-state index is -0.452. The smallest absolute Gasteiger partial charge is 0.241 e. The maximum atomic E-state index is 12.9. The summed E-state index contributed by atoms with van der Waals surface area (Å²) in [5.74, 6) is 0.794. The number of amides is 1. The number of rotatable bonds is 7. The van der Waals surface area contributed by atoms with Crippen molar-refractivity contribution in [3.05, 3.63) is 95.9 Å². The van der Waals surface area contributed by atoms with E-state index < -0.39 is 6.04 Å². The van der Waals surface area contributed by atoms with Gasteiger partial charge in [0, 0.05) is 6.04 Å². The summed E-state index contributed by atoms with van der Waals surface area (Å²) in [6.07, 6.45) is 3.79. The number of hydrogen-bond acceptors (Lipinski definition) is 3. The normalized spacial score (nSPS) is 16.0. The van der Waals surface area contributed by atoms with E-state index in [0.29, 0.717) is 6.04 Å². The van der Waals surface area contributed by atoms with Crippen LogP contribution in [0.4, 0.5) is 0 Å². The van der Waals surface area contributed by atoms with E-state index in [4.69, 9.17) is 4.42 Å². The molecule has 132 valence electrons. The molecule has 4 rings (SSSR count). The van der Waals surface area contributed by atoms with Gasteiger partial charge in [-0.1, -0.05) is 60.7 Å². The van der Waals surface area contributed by atoms with Crippen molar-refractivity contribution >= 4 is 5.91 Å². The molecule has 1 amide bonds. The van der Waals surface area contributed by atoms with Gasteiger partial charge in [-0.25, -0.2) is 0 Å². The standard InChI is InChI=1S/C22H22N2O2/c25-22(23-18-13-14-18)21(17-10-5-2-6-11-17)24-20(19-12-7-15-26-19)16-8-3-1-4-9-16/h1-12,15,18,20-21,24H,13-14H2,(H,23,25)/t20-,21-/m0/s1. The number of nitrogens with one attached hydrogen (secondary N) is 2. The Morgan fingerprint density at radius 3 is 2.12 bits per heavy atom. The summed E-state index contributed by atoms with van der Waals surface area (Å²) in [6.45, 7) is 0. The summed E-state index contributed by atoms with van der Waals surface area (Å²) in [7, 11) is 0. The SMILES string of the molecule is O=C(NC1CC1)[C@@H](N[C@@H](c1ccccc1)c1ccco1)c1ccccc1. The molecule has 1 aromatic heterocycles. The van der Waals surface area contributed by atoms with Crippen LogP contribution in [0, 0.1) is 0 Å². The molecule has 0 saturated heterocycles. The Hall–Kier alpha value is -2.85. The molecule has 1 aliphatic rings. The fourth-order valence-electron chi connectivity index (χ4n) is 3.09. The van der Waals surface area contributed by atoms with Crippen molar-refractivity contribution in [1.29, 1.82) is 0 Å². The summed E-state index contributed by atoms with van der Waals surface area (Å²) in [6, 6.07) is 23.4. The van der Waals surface area contributed by atoms with Crippen LogP contribution in [0.1, 0.15) is 41.8 Å². The minimum Gasteiger partial charge on any atom is -0.467 e. The van der Waals surface area contributed by atoms with E-state index in [9.17, 15) is 4.79 Å². The Kier molecular flexibility index (Phi) is 4.84. The van der Waals surface area contributed by atoms with Crippen LogP contribution >= 0.6 is 0 Å². The quantitative estimate of drug-likeness (QED) is 0.680. The summed E-state index contributed by atoms with van der Waals surface area (Å²) in [5, 5.41) is 6.64. The van der Waals surface area contributed by atoms with Gasteiger partial charge in [-0.3, -0.25) is 10.1 Å². The predicted octanol–water partition coefficient (Wildman–Crippen LogP) is 3.98. The van der Waals surface area contributed by atoms with Crippen LogP contribution in [0.25, 0.3) is 0 Å². The molecule has 2 N–H and O–H groups in total. The van der Waals surface area contributed by atoms with Crippen LogP contribution in [0.3, 0.4) is 0 Å². The molecule has 1 aliphatic carbocycles. The Morgan fingerprint density at radius 1 is 0.885 bits per heavy atom. The van der Waals surface area contributed by atoms with Gasteiger partial charge in [0.2, 0.25) is 5.91 Å². The molecule has 1 saturated carbocycles. The summed E-state index contributed by atoms with van der Waals surface area (Å²) < 4.78 is 5.67. The molecule has 2 aromatic carbocycles. The maximum Gasteiger partial charge on any atom is 0.241 e. The number of carbonyl (C=O) groups excluding carboxylic acids is 1. The molecule has 0 radical (unpaired) electrons. The molecule has 0 aliphatic heterocycles. The molecule has 4 heteroatoms. The van der Waals surface area contributed by atoms with Gasteiger partial charge >= 0.3 is 0 Å². The second kappa shape index (κ2) is 7.58. The summed E-state index contributed by atoms with van der Waals surface area (Å²) in [4.78, 5) is 12.9. The highest BCUT2D eigenvalue weighted by molar-refractivity contribution is 5.83. The van der Waals surface area contributed by atoms with E-state index in [2.05, 4.69) is 10.6 Å². The Balaban J connectivity index is 1.66. The molecule has 0 bridgehead atoms. The molecule has 4 nitrogen and oxygen atoms in total. The molecule has 1 fully saturated rings. The van der Waals surface area contributed by atoms with Crippen LogP contribution in [-0.2, 0) is 4.79 Å². The highest BCUT2D eigenvalue weighted by Gasteiger charge is 2.31. The van der Waals surface area contributed by atoms with Gasteiger partial charge in [-0.15, -0.1) is 0 Å². The van der Waals surface area contributed by atoms with Crippen molar-refractivity contribution in [2.45, 2.75) is 31.0 Å². The van der Waals surface area contributed by atoms with Gasteiger partial charge in [0.15, 0.2) is 0 Å². The number of hydrogen-bond donors (Lipinski definition) is 2. The number of benzene rings is 2. The molecule has 0 spiro atoms. The zero-order valence-corrected chi connectivity index (χ0v) is 14.5. The van der Waals surface area contributed by atoms with Crippen molar-refractivity contribution < 1.29 is 9.21 Å².